The molecule has 0 bridgehead atoms. The smallest absolute Gasteiger partial charge is 0.253 e. The van der Waals surface area contributed by atoms with E-state index in [2.05, 4.69) is 10.6 Å². The molecule has 0 unspecified atom stereocenters. The molecule has 0 saturated carbocycles. The van der Waals surface area contributed by atoms with Gasteiger partial charge in [-0.15, -0.1) is 0 Å². The van der Waals surface area contributed by atoms with Crippen LogP contribution in [0.5, 0.6) is 0 Å². The average molecular weight is 442 g/mol. The lowest BCUT2D eigenvalue weighted by Crippen LogP contribution is -2.33. The van der Waals surface area contributed by atoms with Gasteiger partial charge in [0.25, 0.3) is 5.91 Å². The van der Waals surface area contributed by atoms with Crippen LogP contribution in [-0.4, -0.2) is 34.9 Å². The first kappa shape index (κ1) is 22.0. The summed E-state index contributed by atoms with van der Waals surface area (Å²) < 4.78 is 0. The normalized spacial score (nSPS) is 14.2. The number of anilines is 1. The summed E-state index contributed by atoms with van der Waals surface area (Å²) in [4.78, 5) is 26.6. The summed E-state index contributed by atoms with van der Waals surface area (Å²) in [5.74, 6) is -0.276. The summed E-state index contributed by atoms with van der Waals surface area (Å²) in [5.41, 5.74) is 2.22. The van der Waals surface area contributed by atoms with Crippen LogP contribution in [0.2, 0.25) is 5.02 Å². The van der Waals surface area contributed by atoms with Crippen molar-refractivity contribution in [1.29, 1.82) is 0 Å². The standard InChI is InChI=1S/C23H24ClN3O2S/c24-19-10-5-17(6-11-19)7-14-21(28)26-23(30)25-20-12-8-18(9-13-20)22(29)27-15-3-1-2-4-16-27/h5-14H,1-4,15-16H2,(H2,25,26,28,30)/b14-7+. The van der Waals surface area contributed by atoms with Crippen LogP contribution < -0.4 is 10.6 Å². The molecular formula is C23H24ClN3O2S. The Morgan fingerprint density at radius 1 is 0.933 bits per heavy atom. The van der Waals surface area contributed by atoms with Gasteiger partial charge in [-0.1, -0.05) is 36.6 Å². The molecule has 0 atom stereocenters. The first-order chi connectivity index (χ1) is 14.5. The number of rotatable bonds is 4. The predicted molar refractivity (Wildman–Crippen MR) is 126 cm³/mol. The van der Waals surface area contributed by atoms with Crippen LogP contribution in [0, 0.1) is 0 Å². The van der Waals surface area contributed by atoms with E-state index >= 15 is 0 Å². The zero-order chi connectivity index (χ0) is 21.3. The molecule has 1 aliphatic rings. The SMILES string of the molecule is O=C(/C=C/c1ccc(Cl)cc1)NC(=S)Nc1ccc(C(=O)N2CCCCCC2)cc1. The van der Waals surface area contributed by atoms with E-state index in [-0.39, 0.29) is 16.9 Å². The summed E-state index contributed by atoms with van der Waals surface area (Å²) in [7, 11) is 0. The van der Waals surface area contributed by atoms with Gasteiger partial charge in [0.2, 0.25) is 5.91 Å². The summed E-state index contributed by atoms with van der Waals surface area (Å²) in [6.45, 7) is 1.64. The minimum absolute atomic E-state index is 0.0617. The van der Waals surface area contributed by atoms with Gasteiger partial charge in [0.15, 0.2) is 5.11 Å². The molecular weight excluding hydrogens is 418 g/mol. The molecule has 0 aromatic heterocycles. The van der Waals surface area contributed by atoms with Crippen LogP contribution in [0.4, 0.5) is 5.69 Å². The number of likely N-dealkylation sites (tertiary alicyclic amines) is 1. The lowest BCUT2D eigenvalue weighted by atomic mass is 10.1. The van der Waals surface area contributed by atoms with Crippen molar-refractivity contribution in [2.75, 3.05) is 18.4 Å². The van der Waals surface area contributed by atoms with Gasteiger partial charge in [0.1, 0.15) is 0 Å². The maximum atomic E-state index is 12.6. The summed E-state index contributed by atoms with van der Waals surface area (Å²) in [6, 6.07) is 14.3. The predicted octanol–water partition coefficient (Wildman–Crippen LogP) is 4.88. The van der Waals surface area contributed by atoms with Crippen LogP contribution in [0.15, 0.2) is 54.6 Å². The Morgan fingerprint density at radius 3 is 2.20 bits per heavy atom. The number of amides is 2. The second-order valence-electron chi connectivity index (χ2n) is 7.11. The molecule has 1 fully saturated rings. The van der Waals surface area contributed by atoms with Crippen molar-refractivity contribution in [2.45, 2.75) is 25.7 Å². The molecule has 30 heavy (non-hydrogen) atoms. The van der Waals surface area contributed by atoms with Gasteiger partial charge in [-0.25, -0.2) is 0 Å². The topological polar surface area (TPSA) is 61.4 Å². The Hall–Kier alpha value is -2.70. The lowest BCUT2D eigenvalue weighted by Gasteiger charge is -2.20. The van der Waals surface area contributed by atoms with Crippen molar-refractivity contribution in [3.05, 3.63) is 70.8 Å². The molecule has 5 nitrogen and oxygen atoms in total. The summed E-state index contributed by atoms with van der Waals surface area (Å²) in [6.07, 6.45) is 7.57. The van der Waals surface area contributed by atoms with E-state index in [0.29, 0.717) is 16.3 Å². The van der Waals surface area contributed by atoms with Crippen LogP contribution in [-0.2, 0) is 4.79 Å². The zero-order valence-corrected chi connectivity index (χ0v) is 18.1. The first-order valence-electron chi connectivity index (χ1n) is 9.96. The van der Waals surface area contributed by atoms with Gasteiger partial charge in [0, 0.05) is 35.4 Å². The lowest BCUT2D eigenvalue weighted by molar-refractivity contribution is -0.115. The van der Waals surface area contributed by atoms with E-state index in [9.17, 15) is 9.59 Å². The maximum absolute atomic E-state index is 12.6. The van der Waals surface area contributed by atoms with Crippen molar-refractivity contribution < 1.29 is 9.59 Å². The van der Waals surface area contributed by atoms with Crippen molar-refractivity contribution in [2.24, 2.45) is 0 Å². The highest BCUT2D eigenvalue weighted by Gasteiger charge is 2.17. The molecule has 2 N–H and O–H groups in total. The Labute approximate surface area is 187 Å². The molecule has 156 valence electrons. The minimum atomic E-state index is -0.338. The second kappa shape index (κ2) is 10.9. The first-order valence-corrected chi connectivity index (χ1v) is 10.7. The number of nitrogens with zero attached hydrogens (tertiary/aromatic N) is 1. The van der Waals surface area contributed by atoms with Crippen molar-refractivity contribution >= 4 is 52.5 Å². The molecule has 7 heteroatoms. The van der Waals surface area contributed by atoms with E-state index in [1.54, 1.807) is 42.5 Å². The summed E-state index contributed by atoms with van der Waals surface area (Å²) >= 11 is 11.0. The van der Waals surface area contributed by atoms with Gasteiger partial charge in [-0.3, -0.25) is 14.9 Å². The maximum Gasteiger partial charge on any atom is 0.253 e. The number of halogens is 1. The number of carbonyl (C=O) groups is 2. The monoisotopic (exact) mass is 441 g/mol. The zero-order valence-electron chi connectivity index (χ0n) is 16.6. The Bertz CT molecular complexity index is 918. The van der Waals surface area contributed by atoms with E-state index in [1.807, 2.05) is 17.0 Å². The summed E-state index contributed by atoms with van der Waals surface area (Å²) in [5, 5.41) is 6.38. The van der Waals surface area contributed by atoms with Crippen molar-refractivity contribution in [3.8, 4) is 0 Å². The van der Waals surface area contributed by atoms with E-state index in [4.69, 9.17) is 23.8 Å². The van der Waals surface area contributed by atoms with Crippen LogP contribution >= 0.6 is 23.8 Å². The van der Waals surface area contributed by atoms with Gasteiger partial charge >= 0.3 is 0 Å². The number of nitrogens with one attached hydrogen (secondary N) is 2. The van der Waals surface area contributed by atoms with Gasteiger partial charge in [0.05, 0.1) is 0 Å². The number of thiocarbonyl (C=S) groups is 1. The molecule has 3 rings (SSSR count). The molecule has 2 amide bonds. The van der Waals surface area contributed by atoms with Crippen molar-refractivity contribution in [1.82, 2.24) is 10.2 Å². The van der Waals surface area contributed by atoms with Gasteiger partial charge in [-0.05, 0) is 73.1 Å². The highest BCUT2D eigenvalue weighted by molar-refractivity contribution is 7.80. The molecule has 1 saturated heterocycles. The fraction of sp³-hybridized carbons (Fsp3) is 0.261. The molecule has 0 spiro atoms. The fourth-order valence-corrected chi connectivity index (χ4v) is 3.56. The minimum Gasteiger partial charge on any atom is -0.339 e. The quantitative estimate of drug-likeness (QED) is 0.524. The molecule has 2 aromatic carbocycles. The average Bonchev–Trinajstić information content (AvgIpc) is 3.03. The van der Waals surface area contributed by atoms with Crippen LogP contribution in [0.1, 0.15) is 41.6 Å². The highest BCUT2D eigenvalue weighted by atomic mass is 35.5. The largest absolute Gasteiger partial charge is 0.339 e. The highest BCUT2D eigenvalue weighted by Crippen LogP contribution is 2.16. The molecule has 1 heterocycles. The Morgan fingerprint density at radius 2 is 1.57 bits per heavy atom. The van der Waals surface area contributed by atoms with Crippen LogP contribution in [0.25, 0.3) is 6.08 Å². The fourth-order valence-electron chi connectivity index (χ4n) is 3.21. The third kappa shape index (κ3) is 6.68. The number of carbonyl (C=O) groups excluding carboxylic acids is 2. The van der Waals surface area contributed by atoms with E-state index < -0.39 is 0 Å². The molecule has 0 radical (unpaired) electrons. The Kier molecular flexibility index (Phi) is 7.99. The number of hydrogen-bond donors (Lipinski definition) is 2. The third-order valence-corrected chi connectivity index (χ3v) is 5.27. The van der Waals surface area contributed by atoms with Gasteiger partial charge < -0.3 is 10.2 Å². The number of hydrogen-bond acceptors (Lipinski definition) is 3. The van der Waals surface area contributed by atoms with Gasteiger partial charge in [-0.2, -0.15) is 0 Å². The molecule has 0 aliphatic carbocycles. The van der Waals surface area contributed by atoms with E-state index in [0.717, 1.165) is 31.5 Å². The Balaban J connectivity index is 1.50. The van der Waals surface area contributed by atoms with E-state index in [1.165, 1.54) is 18.9 Å². The third-order valence-electron chi connectivity index (χ3n) is 4.82. The second-order valence-corrected chi connectivity index (χ2v) is 7.96. The number of benzene rings is 2. The molecule has 1 aliphatic heterocycles. The molecule has 2 aromatic rings. The van der Waals surface area contributed by atoms with Crippen LogP contribution in [0.3, 0.4) is 0 Å². The van der Waals surface area contributed by atoms with Crippen molar-refractivity contribution in [3.63, 3.8) is 0 Å².